The fourth-order valence-corrected chi connectivity index (χ4v) is 2.32. The van der Waals surface area contributed by atoms with Crippen molar-refractivity contribution in [1.82, 2.24) is 0 Å². The highest BCUT2D eigenvalue weighted by Gasteiger charge is 2.44. The van der Waals surface area contributed by atoms with Crippen molar-refractivity contribution in [3.05, 3.63) is 23.3 Å². The molecule has 2 N–H and O–H groups in total. The summed E-state index contributed by atoms with van der Waals surface area (Å²) in [5.41, 5.74) is -0.542. The Morgan fingerprint density at radius 2 is 1.76 bits per heavy atom. The average Bonchev–Trinajstić information content (AvgIpc) is 2.15. The molecule has 0 spiro atoms. The van der Waals surface area contributed by atoms with Crippen molar-refractivity contribution in [2.75, 3.05) is 0 Å². The van der Waals surface area contributed by atoms with Crippen LogP contribution in [-0.4, -0.2) is 22.2 Å². The van der Waals surface area contributed by atoms with Crippen molar-refractivity contribution in [3.63, 3.8) is 0 Å². The monoisotopic (exact) mass is 238 g/mol. The van der Waals surface area contributed by atoms with Crippen LogP contribution in [0.15, 0.2) is 23.3 Å². The van der Waals surface area contributed by atoms with Crippen molar-refractivity contribution in [2.24, 2.45) is 10.8 Å². The highest BCUT2D eigenvalue weighted by molar-refractivity contribution is 5.90. The molecule has 0 aliphatic heterocycles. The number of rotatable bonds is 2. The molecule has 0 heterocycles. The number of carboxylic acids is 2. The molecule has 0 aromatic carbocycles. The Labute approximate surface area is 101 Å². The summed E-state index contributed by atoms with van der Waals surface area (Å²) < 4.78 is 0. The Bertz CT molecular complexity index is 423. The molecule has 0 amide bonds. The van der Waals surface area contributed by atoms with Gasteiger partial charge in [-0.1, -0.05) is 32.9 Å². The smallest absolute Gasteiger partial charge is 0.331 e. The molecule has 4 heteroatoms. The minimum Gasteiger partial charge on any atom is -0.481 e. The van der Waals surface area contributed by atoms with Crippen LogP contribution in [-0.2, 0) is 9.59 Å². The van der Waals surface area contributed by atoms with E-state index in [1.165, 1.54) is 6.08 Å². The molecule has 0 saturated heterocycles. The largest absolute Gasteiger partial charge is 0.481 e. The number of allylic oxidation sites excluding steroid dienone is 2. The lowest BCUT2D eigenvalue weighted by Crippen LogP contribution is -2.38. The Morgan fingerprint density at radius 1 is 1.24 bits per heavy atom. The first-order chi connectivity index (χ1) is 7.59. The molecule has 94 valence electrons. The normalized spacial score (nSPS) is 24.9. The van der Waals surface area contributed by atoms with Gasteiger partial charge in [0, 0.05) is 5.57 Å². The molecule has 1 atom stereocenters. The van der Waals surface area contributed by atoms with Crippen molar-refractivity contribution in [3.8, 4) is 0 Å². The molecule has 1 rings (SSSR count). The summed E-state index contributed by atoms with van der Waals surface area (Å²) in [4.78, 5) is 22.4. The van der Waals surface area contributed by atoms with Crippen molar-refractivity contribution in [1.29, 1.82) is 0 Å². The summed E-state index contributed by atoms with van der Waals surface area (Å²) in [7, 11) is 0. The van der Waals surface area contributed by atoms with E-state index in [9.17, 15) is 14.7 Å². The van der Waals surface area contributed by atoms with E-state index < -0.39 is 17.4 Å². The van der Waals surface area contributed by atoms with E-state index in [2.05, 4.69) is 0 Å². The Hall–Kier alpha value is -1.58. The lowest BCUT2D eigenvalue weighted by atomic mass is 9.65. The van der Waals surface area contributed by atoms with Crippen LogP contribution in [0.4, 0.5) is 0 Å². The third-order valence-electron chi connectivity index (χ3n) is 3.14. The fourth-order valence-electron chi connectivity index (χ4n) is 2.32. The molecular weight excluding hydrogens is 220 g/mol. The highest BCUT2D eigenvalue weighted by atomic mass is 16.4. The van der Waals surface area contributed by atoms with Gasteiger partial charge < -0.3 is 10.2 Å². The van der Waals surface area contributed by atoms with E-state index >= 15 is 0 Å². The number of aliphatic carboxylic acids is 2. The fraction of sp³-hybridized carbons (Fsp3) is 0.538. The van der Waals surface area contributed by atoms with Crippen LogP contribution < -0.4 is 0 Å². The van der Waals surface area contributed by atoms with E-state index in [0.717, 1.165) is 5.57 Å². The topological polar surface area (TPSA) is 74.6 Å². The van der Waals surface area contributed by atoms with Crippen LogP contribution in [0.1, 0.15) is 34.1 Å². The summed E-state index contributed by atoms with van der Waals surface area (Å²) in [6.45, 7) is 7.38. The van der Waals surface area contributed by atoms with Crippen LogP contribution in [0.25, 0.3) is 0 Å². The SMILES string of the molecule is CC(C)(C)C1=CC=C(C(=O)O)CC1(C)C(=O)O. The summed E-state index contributed by atoms with van der Waals surface area (Å²) in [5.74, 6) is -2.03. The van der Waals surface area contributed by atoms with Gasteiger partial charge in [-0.25, -0.2) is 4.79 Å². The van der Waals surface area contributed by atoms with Crippen LogP contribution in [0.5, 0.6) is 0 Å². The van der Waals surface area contributed by atoms with Gasteiger partial charge in [0.15, 0.2) is 0 Å². The second-order valence-electron chi connectivity index (χ2n) is 5.64. The Kier molecular flexibility index (Phi) is 3.19. The second kappa shape index (κ2) is 4.02. The average molecular weight is 238 g/mol. The molecule has 1 unspecified atom stereocenters. The van der Waals surface area contributed by atoms with E-state index in [4.69, 9.17) is 5.11 Å². The standard InChI is InChI=1S/C13H18O4/c1-12(2,3)9-6-5-8(10(14)15)7-13(9,4)11(16)17/h5-6H,7H2,1-4H3,(H,14,15)(H,16,17). The van der Waals surface area contributed by atoms with Gasteiger partial charge in [0.1, 0.15) is 0 Å². The summed E-state index contributed by atoms with van der Waals surface area (Å²) in [6.07, 6.45) is 3.18. The number of hydrogen-bond donors (Lipinski definition) is 2. The second-order valence-corrected chi connectivity index (χ2v) is 5.64. The summed E-state index contributed by atoms with van der Waals surface area (Å²) in [6, 6.07) is 0. The summed E-state index contributed by atoms with van der Waals surface area (Å²) >= 11 is 0. The van der Waals surface area contributed by atoms with E-state index in [1.54, 1.807) is 13.0 Å². The predicted molar refractivity (Wildman–Crippen MR) is 63.6 cm³/mol. The zero-order valence-electron chi connectivity index (χ0n) is 10.6. The number of carboxylic acid groups (broad SMARTS) is 2. The summed E-state index contributed by atoms with van der Waals surface area (Å²) in [5, 5.41) is 18.3. The van der Waals surface area contributed by atoms with Gasteiger partial charge >= 0.3 is 11.9 Å². The van der Waals surface area contributed by atoms with Gasteiger partial charge in [0.25, 0.3) is 0 Å². The molecule has 0 aromatic rings. The van der Waals surface area contributed by atoms with Crippen LogP contribution in [0, 0.1) is 10.8 Å². The first kappa shape index (κ1) is 13.5. The molecule has 0 aromatic heterocycles. The number of hydrogen-bond acceptors (Lipinski definition) is 2. The van der Waals surface area contributed by atoms with Gasteiger partial charge in [0.2, 0.25) is 0 Å². The Morgan fingerprint density at radius 3 is 2.12 bits per heavy atom. The van der Waals surface area contributed by atoms with E-state index in [-0.39, 0.29) is 17.4 Å². The van der Waals surface area contributed by atoms with E-state index in [0.29, 0.717) is 0 Å². The minimum absolute atomic E-state index is 0.0285. The van der Waals surface area contributed by atoms with Gasteiger partial charge in [-0.2, -0.15) is 0 Å². The molecule has 1 aliphatic rings. The molecule has 0 bridgehead atoms. The van der Waals surface area contributed by atoms with Crippen LogP contribution in [0.2, 0.25) is 0 Å². The first-order valence-corrected chi connectivity index (χ1v) is 5.47. The maximum absolute atomic E-state index is 11.4. The highest BCUT2D eigenvalue weighted by Crippen LogP contribution is 2.46. The quantitative estimate of drug-likeness (QED) is 0.775. The first-order valence-electron chi connectivity index (χ1n) is 5.47. The zero-order valence-corrected chi connectivity index (χ0v) is 10.6. The molecule has 0 fully saturated rings. The molecular formula is C13H18O4. The van der Waals surface area contributed by atoms with Gasteiger partial charge in [-0.05, 0) is 24.3 Å². The van der Waals surface area contributed by atoms with Crippen molar-refractivity contribution in [2.45, 2.75) is 34.1 Å². The van der Waals surface area contributed by atoms with Gasteiger partial charge in [-0.15, -0.1) is 0 Å². The van der Waals surface area contributed by atoms with Gasteiger partial charge in [0.05, 0.1) is 5.41 Å². The predicted octanol–water partition coefficient (Wildman–Crippen LogP) is 2.46. The third kappa shape index (κ3) is 2.40. The lowest BCUT2D eigenvalue weighted by molar-refractivity contribution is -0.146. The van der Waals surface area contributed by atoms with E-state index in [1.807, 2.05) is 20.8 Å². The molecule has 0 saturated carbocycles. The van der Waals surface area contributed by atoms with Crippen LogP contribution in [0.3, 0.4) is 0 Å². The van der Waals surface area contributed by atoms with Crippen molar-refractivity contribution < 1.29 is 19.8 Å². The number of carbonyl (C=O) groups is 2. The van der Waals surface area contributed by atoms with Gasteiger partial charge in [-0.3, -0.25) is 4.79 Å². The molecule has 4 nitrogen and oxygen atoms in total. The maximum atomic E-state index is 11.4. The molecule has 1 aliphatic carbocycles. The zero-order chi connectivity index (χ0) is 13.4. The lowest BCUT2D eigenvalue weighted by Gasteiger charge is -2.38. The molecule has 0 radical (unpaired) electrons. The minimum atomic E-state index is -1.14. The van der Waals surface area contributed by atoms with Crippen LogP contribution >= 0.6 is 0 Å². The van der Waals surface area contributed by atoms with Crippen molar-refractivity contribution >= 4 is 11.9 Å². The molecule has 17 heavy (non-hydrogen) atoms. The Balaban J connectivity index is 3.32. The maximum Gasteiger partial charge on any atom is 0.331 e. The third-order valence-corrected chi connectivity index (χ3v) is 3.14.